The maximum atomic E-state index is 5.20. The van der Waals surface area contributed by atoms with E-state index in [9.17, 15) is 0 Å². The van der Waals surface area contributed by atoms with Gasteiger partial charge in [-0.15, -0.1) is 12.3 Å². The number of hydrogen-bond acceptors (Lipinski definition) is 1. The lowest BCUT2D eigenvalue weighted by Gasteiger charge is -2.08. The fourth-order valence-electron chi connectivity index (χ4n) is 1.76. The van der Waals surface area contributed by atoms with Gasteiger partial charge in [0, 0.05) is 31.4 Å². The van der Waals surface area contributed by atoms with Gasteiger partial charge < -0.3 is 9.88 Å². The zero-order valence-corrected chi connectivity index (χ0v) is 10.2. The van der Waals surface area contributed by atoms with Gasteiger partial charge in [-0.25, -0.2) is 0 Å². The Kier molecular flexibility index (Phi) is 6.44. The van der Waals surface area contributed by atoms with E-state index < -0.39 is 0 Å². The van der Waals surface area contributed by atoms with Gasteiger partial charge in [-0.2, -0.15) is 0 Å². The summed E-state index contributed by atoms with van der Waals surface area (Å²) in [4.78, 5) is 0. The van der Waals surface area contributed by atoms with Crippen molar-refractivity contribution < 1.29 is 0 Å². The van der Waals surface area contributed by atoms with Gasteiger partial charge in [-0.3, -0.25) is 0 Å². The average molecular weight is 218 g/mol. The third kappa shape index (κ3) is 4.55. The van der Waals surface area contributed by atoms with Crippen LogP contribution in [0.25, 0.3) is 0 Å². The molecule has 0 atom stereocenters. The number of aromatic nitrogens is 1. The van der Waals surface area contributed by atoms with Crippen molar-refractivity contribution >= 4 is 0 Å². The Morgan fingerprint density at radius 2 is 2.31 bits per heavy atom. The number of rotatable bonds is 8. The molecule has 2 nitrogen and oxygen atoms in total. The first kappa shape index (κ1) is 12.9. The lowest BCUT2D eigenvalue weighted by molar-refractivity contribution is 0.583. The molecule has 0 radical (unpaired) electrons. The zero-order chi connectivity index (χ0) is 11.6. The van der Waals surface area contributed by atoms with E-state index >= 15 is 0 Å². The summed E-state index contributed by atoms with van der Waals surface area (Å²) in [5, 5.41) is 3.46. The highest BCUT2D eigenvalue weighted by Gasteiger charge is 1.98. The van der Waals surface area contributed by atoms with Crippen LogP contribution in [0.2, 0.25) is 0 Å². The molecule has 1 rings (SSSR count). The van der Waals surface area contributed by atoms with Crippen molar-refractivity contribution in [2.24, 2.45) is 0 Å². The molecule has 0 aliphatic heterocycles. The van der Waals surface area contributed by atoms with Gasteiger partial charge in [-0.05, 0) is 37.9 Å². The maximum Gasteiger partial charge on any atom is 0.0359 e. The molecule has 0 saturated heterocycles. The third-order valence-electron chi connectivity index (χ3n) is 2.62. The quantitative estimate of drug-likeness (QED) is 0.524. The van der Waals surface area contributed by atoms with Crippen molar-refractivity contribution in [2.75, 3.05) is 6.54 Å². The standard InChI is InChI=1S/C14H22N2/c1-3-5-6-7-10-15-13-14-9-8-12-16(14)11-4-2/h1,8-9,12,15H,4-7,10-11,13H2,2H3. The first-order valence-corrected chi connectivity index (χ1v) is 6.16. The molecule has 1 aromatic rings. The van der Waals surface area contributed by atoms with Crippen LogP contribution in [-0.4, -0.2) is 11.1 Å². The second kappa shape index (κ2) is 8.01. The predicted molar refractivity (Wildman–Crippen MR) is 69.1 cm³/mol. The normalized spacial score (nSPS) is 10.2. The molecule has 0 spiro atoms. The Bertz CT molecular complexity index is 320. The minimum atomic E-state index is 0.897. The Hall–Kier alpha value is -1.20. The largest absolute Gasteiger partial charge is 0.350 e. The molecule has 1 N–H and O–H groups in total. The molecule has 0 amide bonds. The van der Waals surface area contributed by atoms with Crippen molar-refractivity contribution in [1.29, 1.82) is 0 Å². The molecule has 2 heteroatoms. The van der Waals surface area contributed by atoms with Crippen LogP contribution < -0.4 is 5.32 Å². The topological polar surface area (TPSA) is 17.0 Å². The lowest BCUT2D eigenvalue weighted by atomic mass is 10.2. The van der Waals surface area contributed by atoms with Gasteiger partial charge in [0.15, 0.2) is 0 Å². The van der Waals surface area contributed by atoms with Crippen LogP contribution in [0, 0.1) is 12.3 Å². The fraction of sp³-hybridized carbons (Fsp3) is 0.571. The summed E-state index contributed by atoms with van der Waals surface area (Å²) >= 11 is 0. The van der Waals surface area contributed by atoms with Crippen LogP contribution in [0.4, 0.5) is 0 Å². The first-order chi connectivity index (χ1) is 7.88. The second-order valence-corrected chi connectivity index (χ2v) is 4.03. The molecule has 0 bridgehead atoms. The summed E-state index contributed by atoms with van der Waals surface area (Å²) in [5.74, 6) is 2.67. The SMILES string of the molecule is C#CCCCCNCc1cccn1CCC. The molecule has 0 fully saturated rings. The second-order valence-electron chi connectivity index (χ2n) is 4.03. The number of terminal acetylenes is 1. The van der Waals surface area contributed by atoms with Gasteiger partial charge in [0.2, 0.25) is 0 Å². The summed E-state index contributed by atoms with van der Waals surface area (Å²) in [6, 6.07) is 4.30. The number of nitrogens with zero attached hydrogens (tertiary/aromatic N) is 1. The Labute approximate surface area is 99.0 Å². The van der Waals surface area contributed by atoms with E-state index in [1.54, 1.807) is 0 Å². The van der Waals surface area contributed by atoms with Gasteiger partial charge in [0.25, 0.3) is 0 Å². The van der Waals surface area contributed by atoms with E-state index in [-0.39, 0.29) is 0 Å². The molecule has 0 aliphatic carbocycles. The summed E-state index contributed by atoms with van der Waals surface area (Å²) in [7, 11) is 0. The summed E-state index contributed by atoms with van der Waals surface area (Å²) in [6.07, 6.45) is 11.7. The van der Waals surface area contributed by atoms with Gasteiger partial charge in [0.05, 0.1) is 0 Å². The Morgan fingerprint density at radius 1 is 1.44 bits per heavy atom. The highest BCUT2D eigenvalue weighted by atomic mass is 15.0. The van der Waals surface area contributed by atoms with E-state index in [1.165, 1.54) is 18.5 Å². The molecule has 0 saturated carbocycles. The molecule has 0 aliphatic rings. The average Bonchev–Trinajstić information content (AvgIpc) is 2.72. The Morgan fingerprint density at radius 3 is 3.06 bits per heavy atom. The third-order valence-corrected chi connectivity index (χ3v) is 2.62. The predicted octanol–water partition coefficient (Wildman–Crippen LogP) is 2.79. The summed E-state index contributed by atoms with van der Waals surface area (Å²) < 4.78 is 2.31. The van der Waals surface area contributed by atoms with E-state index in [0.29, 0.717) is 0 Å². The van der Waals surface area contributed by atoms with E-state index in [0.717, 1.165) is 32.5 Å². The fourth-order valence-corrected chi connectivity index (χ4v) is 1.76. The first-order valence-electron chi connectivity index (χ1n) is 6.16. The lowest BCUT2D eigenvalue weighted by Crippen LogP contribution is -2.17. The Balaban J connectivity index is 2.16. The van der Waals surface area contributed by atoms with Crippen molar-refractivity contribution in [3.05, 3.63) is 24.0 Å². The van der Waals surface area contributed by atoms with Crippen LogP contribution in [0.5, 0.6) is 0 Å². The molecule has 0 aromatic carbocycles. The molecule has 16 heavy (non-hydrogen) atoms. The minimum Gasteiger partial charge on any atom is -0.350 e. The molecule has 0 unspecified atom stereocenters. The van der Waals surface area contributed by atoms with Crippen LogP contribution in [-0.2, 0) is 13.1 Å². The van der Waals surface area contributed by atoms with Gasteiger partial charge in [0.1, 0.15) is 0 Å². The zero-order valence-electron chi connectivity index (χ0n) is 10.2. The molecule has 1 aromatic heterocycles. The van der Waals surface area contributed by atoms with Crippen LogP contribution in [0.3, 0.4) is 0 Å². The highest BCUT2D eigenvalue weighted by Crippen LogP contribution is 2.03. The number of hydrogen-bond donors (Lipinski definition) is 1. The summed E-state index contributed by atoms with van der Waals surface area (Å²) in [6.45, 7) is 5.33. The highest BCUT2D eigenvalue weighted by molar-refractivity contribution is 5.06. The monoisotopic (exact) mass is 218 g/mol. The maximum absolute atomic E-state index is 5.20. The molecule has 1 heterocycles. The van der Waals surface area contributed by atoms with Crippen molar-refractivity contribution in [3.8, 4) is 12.3 Å². The molecular formula is C14H22N2. The van der Waals surface area contributed by atoms with E-state index in [1.807, 2.05) is 0 Å². The van der Waals surface area contributed by atoms with Crippen molar-refractivity contribution in [3.63, 3.8) is 0 Å². The smallest absolute Gasteiger partial charge is 0.0359 e. The molecular weight excluding hydrogens is 196 g/mol. The van der Waals surface area contributed by atoms with Crippen LogP contribution >= 0.6 is 0 Å². The minimum absolute atomic E-state index is 0.897. The van der Waals surface area contributed by atoms with Gasteiger partial charge in [-0.1, -0.05) is 6.92 Å². The summed E-state index contributed by atoms with van der Waals surface area (Å²) in [5.41, 5.74) is 1.37. The number of aryl methyl sites for hydroxylation is 1. The van der Waals surface area contributed by atoms with Crippen molar-refractivity contribution in [2.45, 2.75) is 45.7 Å². The van der Waals surface area contributed by atoms with E-state index in [4.69, 9.17) is 6.42 Å². The molecule has 88 valence electrons. The van der Waals surface area contributed by atoms with Crippen LogP contribution in [0.1, 0.15) is 38.3 Å². The van der Waals surface area contributed by atoms with Crippen LogP contribution in [0.15, 0.2) is 18.3 Å². The number of unbranched alkanes of at least 4 members (excludes halogenated alkanes) is 2. The van der Waals surface area contributed by atoms with Gasteiger partial charge >= 0.3 is 0 Å². The number of nitrogens with one attached hydrogen (secondary N) is 1. The van der Waals surface area contributed by atoms with E-state index in [2.05, 4.69) is 41.1 Å². The van der Waals surface area contributed by atoms with Crippen molar-refractivity contribution in [1.82, 2.24) is 9.88 Å².